The molecule has 4 heteroatoms. The van der Waals surface area contributed by atoms with E-state index in [2.05, 4.69) is 10.6 Å². The summed E-state index contributed by atoms with van der Waals surface area (Å²) in [4.78, 5) is 12.1. The molecule has 1 aromatic rings. The van der Waals surface area contributed by atoms with Gasteiger partial charge in [0.15, 0.2) is 0 Å². The van der Waals surface area contributed by atoms with Crippen LogP contribution in [-0.2, 0) is 13.1 Å². The number of hydrogen-bond acceptors (Lipinski definition) is 3. The number of fused-ring (bicyclic) bond motifs is 1. The molecule has 1 aliphatic rings. The van der Waals surface area contributed by atoms with Gasteiger partial charge in [-0.2, -0.15) is 0 Å². The van der Waals surface area contributed by atoms with Gasteiger partial charge >= 0.3 is 0 Å². The second-order valence-corrected chi connectivity index (χ2v) is 5.44. The molecule has 1 atom stereocenters. The van der Waals surface area contributed by atoms with E-state index in [1.54, 1.807) is 6.92 Å². The van der Waals surface area contributed by atoms with E-state index in [0.29, 0.717) is 5.56 Å². The number of rotatable bonds is 3. The van der Waals surface area contributed by atoms with Crippen LogP contribution < -0.4 is 10.6 Å². The van der Waals surface area contributed by atoms with Crippen LogP contribution in [0.4, 0.5) is 0 Å². The maximum absolute atomic E-state index is 12.1. The normalized spacial score (nSPS) is 16.2. The monoisotopic (exact) mass is 248 g/mol. The zero-order chi connectivity index (χ0) is 13.3. The van der Waals surface area contributed by atoms with Gasteiger partial charge < -0.3 is 15.7 Å². The minimum Gasteiger partial charge on any atom is -0.391 e. The molecule has 0 radical (unpaired) electrons. The average molecular weight is 248 g/mol. The molecule has 98 valence electrons. The standard InChI is InChI=1S/C14H20N2O2/c1-9(17)14(2,3)16-13(18)10-4-5-11-7-15-8-12(11)6-10/h4-6,9,15,17H,7-8H2,1-3H3,(H,16,18). The summed E-state index contributed by atoms with van der Waals surface area (Å²) in [7, 11) is 0. The molecule has 0 saturated heterocycles. The molecular formula is C14H20N2O2. The van der Waals surface area contributed by atoms with Gasteiger partial charge in [-0.15, -0.1) is 0 Å². The van der Waals surface area contributed by atoms with Gasteiger partial charge in [-0.3, -0.25) is 4.79 Å². The van der Waals surface area contributed by atoms with Crippen LogP contribution in [0.1, 0.15) is 42.3 Å². The number of benzene rings is 1. The molecule has 0 spiro atoms. The van der Waals surface area contributed by atoms with Crippen molar-refractivity contribution >= 4 is 5.91 Å². The Morgan fingerprint density at radius 3 is 2.72 bits per heavy atom. The third-order valence-electron chi connectivity index (χ3n) is 3.58. The van der Waals surface area contributed by atoms with Gasteiger partial charge in [0.1, 0.15) is 0 Å². The highest BCUT2D eigenvalue weighted by atomic mass is 16.3. The first-order valence-electron chi connectivity index (χ1n) is 6.23. The third-order valence-corrected chi connectivity index (χ3v) is 3.58. The van der Waals surface area contributed by atoms with Crippen LogP contribution >= 0.6 is 0 Å². The molecule has 0 saturated carbocycles. The Morgan fingerprint density at radius 1 is 1.39 bits per heavy atom. The molecule has 1 heterocycles. The lowest BCUT2D eigenvalue weighted by molar-refractivity contribution is 0.0709. The van der Waals surface area contributed by atoms with E-state index < -0.39 is 11.6 Å². The van der Waals surface area contributed by atoms with E-state index >= 15 is 0 Å². The van der Waals surface area contributed by atoms with Crippen molar-refractivity contribution in [3.63, 3.8) is 0 Å². The summed E-state index contributed by atoms with van der Waals surface area (Å²) in [5.41, 5.74) is 2.44. The van der Waals surface area contributed by atoms with E-state index in [-0.39, 0.29) is 5.91 Å². The number of carbonyl (C=O) groups is 1. The lowest BCUT2D eigenvalue weighted by atomic mass is 9.97. The van der Waals surface area contributed by atoms with Crippen molar-refractivity contribution in [1.29, 1.82) is 0 Å². The smallest absolute Gasteiger partial charge is 0.251 e. The van der Waals surface area contributed by atoms with Crippen molar-refractivity contribution < 1.29 is 9.90 Å². The minimum atomic E-state index is -0.631. The second-order valence-electron chi connectivity index (χ2n) is 5.44. The van der Waals surface area contributed by atoms with Gasteiger partial charge in [0.25, 0.3) is 5.91 Å². The minimum absolute atomic E-state index is 0.143. The molecule has 4 nitrogen and oxygen atoms in total. The van der Waals surface area contributed by atoms with Crippen molar-refractivity contribution in [3.05, 3.63) is 34.9 Å². The van der Waals surface area contributed by atoms with Gasteiger partial charge in [0, 0.05) is 18.7 Å². The van der Waals surface area contributed by atoms with Crippen molar-refractivity contribution in [2.45, 2.75) is 45.5 Å². The number of carbonyl (C=O) groups excluding carboxylic acids is 1. The first kappa shape index (κ1) is 13.1. The zero-order valence-corrected chi connectivity index (χ0v) is 11.1. The van der Waals surface area contributed by atoms with Gasteiger partial charge in [-0.1, -0.05) is 6.07 Å². The van der Waals surface area contributed by atoms with Crippen LogP contribution in [-0.4, -0.2) is 22.7 Å². The molecule has 0 aromatic heterocycles. The Bertz CT molecular complexity index is 467. The van der Waals surface area contributed by atoms with Crippen molar-refractivity contribution in [3.8, 4) is 0 Å². The summed E-state index contributed by atoms with van der Waals surface area (Å²) in [6, 6.07) is 5.74. The number of aliphatic hydroxyl groups excluding tert-OH is 1. The Hall–Kier alpha value is -1.39. The summed E-state index contributed by atoms with van der Waals surface area (Å²) >= 11 is 0. The van der Waals surface area contributed by atoms with Gasteiger partial charge in [0.2, 0.25) is 0 Å². The Kier molecular flexibility index (Phi) is 3.41. The van der Waals surface area contributed by atoms with Crippen LogP contribution in [0.5, 0.6) is 0 Å². The van der Waals surface area contributed by atoms with Crippen LogP contribution in [0.15, 0.2) is 18.2 Å². The SMILES string of the molecule is CC(O)C(C)(C)NC(=O)c1ccc2c(c1)CNC2. The highest BCUT2D eigenvalue weighted by Crippen LogP contribution is 2.18. The molecule has 0 fully saturated rings. The highest BCUT2D eigenvalue weighted by Gasteiger charge is 2.26. The van der Waals surface area contributed by atoms with E-state index in [4.69, 9.17) is 0 Å². The number of hydrogen-bond donors (Lipinski definition) is 3. The predicted octanol–water partition coefficient (Wildman–Crippen LogP) is 1.18. The molecule has 0 bridgehead atoms. The lowest BCUT2D eigenvalue weighted by Crippen LogP contribution is -2.51. The summed E-state index contributed by atoms with van der Waals surface area (Å²) in [5.74, 6) is -0.143. The van der Waals surface area contributed by atoms with Crippen molar-refractivity contribution in [2.24, 2.45) is 0 Å². The molecule has 1 unspecified atom stereocenters. The number of nitrogens with one attached hydrogen (secondary N) is 2. The first-order valence-corrected chi connectivity index (χ1v) is 6.23. The highest BCUT2D eigenvalue weighted by molar-refractivity contribution is 5.95. The first-order chi connectivity index (χ1) is 8.40. The van der Waals surface area contributed by atoms with Gasteiger partial charge in [-0.25, -0.2) is 0 Å². The molecular weight excluding hydrogens is 228 g/mol. The Labute approximate surface area is 107 Å². The fourth-order valence-corrected chi connectivity index (χ4v) is 1.91. The van der Waals surface area contributed by atoms with Gasteiger partial charge in [-0.05, 0) is 44.0 Å². The summed E-state index contributed by atoms with van der Waals surface area (Å²) in [6.45, 7) is 6.98. The summed E-state index contributed by atoms with van der Waals surface area (Å²) < 4.78 is 0. The quantitative estimate of drug-likeness (QED) is 0.752. The molecule has 1 aliphatic heterocycles. The van der Waals surface area contributed by atoms with Gasteiger partial charge in [0.05, 0.1) is 11.6 Å². The number of amides is 1. The average Bonchev–Trinajstić information content (AvgIpc) is 2.74. The lowest BCUT2D eigenvalue weighted by Gasteiger charge is -2.29. The maximum atomic E-state index is 12.1. The van der Waals surface area contributed by atoms with E-state index in [9.17, 15) is 9.90 Å². The molecule has 2 rings (SSSR count). The van der Waals surface area contributed by atoms with Crippen molar-refractivity contribution in [1.82, 2.24) is 10.6 Å². The molecule has 0 aliphatic carbocycles. The van der Waals surface area contributed by atoms with Crippen molar-refractivity contribution in [2.75, 3.05) is 0 Å². The van der Waals surface area contributed by atoms with E-state index in [0.717, 1.165) is 13.1 Å². The van der Waals surface area contributed by atoms with Crippen LogP contribution in [0.2, 0.25) is 0 Å². The predicted molar refractivity (Wildman–Crippen MR) is 70.2 cm³/mol. The van der Waals surface area contributed by atoms with E-state index in [1.807, 2.05) is 32.0 Å². The van der Waals surface area contributed by atoms with Crippen LogP contribution in [0.25, 0.3) is 0 Å². The molecule has 1 amide bonds. The van der Waals surface area contributed by atoms with E-state index in [1.165, 1.54) is 11.1 Å². The molecule has 3 N–H and O–H groups in total. The fraction of sp³-hybridized carbons (Fsp3) is 0.500. The topological polar surface area (TPSA) is 61.4 Å². The number of aliphatic hydroxyl groups is 1. The maximum Gasteiger partial charge on any atom is 0.251 e. The summed E-state index contributed by atoms with van der Waals surface area (Å²) in [6.07, 6.45) is -0.599. The molecule has 18 heavy (non-hydrogen) atoms. The largest absolute Gasteiger partial charge is 0.391 e. The van der Waals surface area contributed by atoms with Crippen LogP contribution in [0.3, 0.4) is 0 Å². The zero-order valence-electron chi connectivity index (χ0n) is 11.1. The summed E-state index contributed by atoms with van der Waals surface area (Å²) in [5, 5.41) is 15.7. The molecule has 1 aromatic carbocycles. The second kappa shape index (κ2) is 4.71. The van der Waals surface area contributed by atoms with Crippen LogP contribution in [0, 0.1) is 0 Å². The third kappa shape index (κ3) is 2.54. The fourth-order valence-electron chi connectivity index (χ4n) is 1.91. The Morgan fingerprint density at radius 2 is 2.06 bits per heavy atom. The Balaban J connectivity index is 2.15.